The highest BCUT2D eigenvalue weighted by atomic mass is 35.5. The molecule has 0 aliphatic rings. The Bertz CT molecular complexity index is 698. The van der Waals surface area contributed by atoms with E-state index < -0.39 is 6.09 Å². The summed E-state index contributed by atoms with van der Waals surface area (Å²) in [4.78, 5) is 11.5. The van der Waals surface area contributed by atoms with E-state index in [0.717, 1.165) is 23.1 Å². The summed E-state index contributed by atoms with van der Waals surface area (Å²) in [5, 5.41) is 4.84. The highest BCUT2D eigenvalue weighted by Gasteiger charge is 2.09. The van der Waals surface area contributed by atoms with Gasteiger partial charge in [-0.15, -0.1) is 11.6 Å². The standard InChI is InChI=1S/C18H18Cl2N2O2/c1-2-24-18(23)22-21-17(15-7-9-16(20)10-8-15)14-5-3-13(4-6-14)11-12-19/h3-10H,2,11-12H2,1H3,(H,22,23). The Kier molecular flexibility index (Phi) is 7.09. The molecule has 0 unspecified atom stereocenters. The van der Waals surface area contributed by atoms with Gasteiger partial charge in [-0.25, -0.2) is 10.2 Å². The number of carbonyl (C=O) groups excluding carboxylic acids is 1. The first-order valence-corrected chi connectivity index (χ1v) is 8.47. The van der Waals surface area contributed by atoms with E-state index >= 15 is 0 Å². The summed E-state index contributed by atoms with van der Waals surface area (Å²) in [5.74, 6) is 0.571. The third-order valence-corrected chi connectivity index (χ3v) is 3.70. The highest BCUT2D eigenvalue weighted by molar-refractivity contribution is 6.30. The second-order valence-electron chi connectivity index (χ2n) is 4.94. The van der Waals surface area contributed by atoms with Crippen molar-refractivity contribution in [1.82, 2.24) is 5.43 Å². The van der Waals surface area contributed by atoms with Crippen molar-refractivity contribution in [3.63, 3.8) is 0 Å². The maximum atomic E-state index is 11.5. The Morgan fingerprint density at radius 3 is 2.21 bits per heavy atom. The minimum atomic E-state index is -0.595. The predicted molar refractivity (Wildman–Crippen MR) is 98.1 cm³/mol. The van der Waals surface area contributed by atoms with Gasteiger partial charge in [-0.1, -0.05) is 48.0 Å². The van der Waals surface area contributed by atoms with Crippen LogP contribution in [0.1, 0.15) is 23.6 Å². The van der Waals surface area contributed by atoms with Crippen LogP contribution in [0.5, 0.6) is 0 Å². The third kappa shape index (κ3) is 5.25. The van der Waals surface area contributed by atoms with Crippen LogP contribution >= 0.6 is 23.2 Å². The molecule has 2 aromatic rings. The largest absolute Gasteiger partial charge is 0.449 e. The van der Waals surface area contributed by atoms with Gasteiger partial charge in [-0.05, 0) is 31.0 Å². The van der Waals surface area contributed by atoms with Crippen LogP contribution in [-0.4, -0.2) is 24.3 Å². The quantitative estimate of drug-likeness (QED) is 0.461. The smallest absolute Gasteiger partial charge is 0.427 e. The summed E-state index contributed by atoms with van der Waals surface area (Å²) in [5.41, 5.74) is 5.87. The van der Waals surface area contributed by atoms with Gasteiger partial charge in [-0.2, -0.15) is 5.10 Å². The van der Waals surface area contributed by atoms with E-state index in [4.69, 9.17) is 27.9 Å². The van der Waals surface area contributed by atoms with Crippen LogP contribution in [0.25, 0.3) is 0 Å². The molecule has 0 saturated carbocycles. The van der Waals surface area contributed by atoms with Crippen LogP contribution in [0.15, 0.2) is 53.6 Å². The molecule has 2 rings (SSSR count). The fraction of sp³-hybridized carbons (Fsp3) is 0.222. The second-order valence-corrected chi connectivity index (χ2v) is 5.75. The van der Waals surface area contributed by atoms with E-state index in [1.165, 1.54) is 0 Å². The lowest BCUT2D eigenvalue weighted by molar-refractivity contribution is 0.152. The summed E-state index contributed by atoms with van der Waals surface area (Å²) in [7, 11) is 0. The van der Waals surface area contributed by atoms with E-state index in [-0.39, 0.29) is 6.61 Å². The van der Waals surface area contributed by atoms with Crippen molar-refractivity contribution < 1.29 is 9.53 Å². The minimum absolute atomic E-state index is 0.282. The molecule has 126 valence electrons. The Labute approximate surface area is 151 Å². The van der Waals surface area contributed by atoms with E-state index in [1.54, 1.807) is 19.1 Å². The van der Waals surface area contributed by atoms with Crippen LogP contribution in [0, 0.1) is 0 Å². The van der Waals surface area contributed by atoms with Crippen molar-refractivity contribution in [2.75, 3.05) is 12.5 Å². The fourth-order valence-electron chi connectivity index (χ4n) is 2.11. The van der Waals surface area contributed by atoms with Crippen LogP contribution in [0.3, 0.4) is 0 Å². The molecule has 4 nitrogen and oxygen atoms in total. The number of rotatable bonds is 6. The van der Waals surface area contributed by atoms with Crippen molar-refractivity contribution in [3.8, 4) is 0 Å². The summed E-state index contributed by atoms with van der Waals surface area (Å²) in [6.07, 6.45) is 0.207. The lowest BCUT2D eigenvalue weighted by atomic mass is 10.0. The van der Waals surface area contributed by atoms with Crippen LogP contribution in [-0.2, 0) is 11.2 Å². The van der Waals surface area contributed by atoms with Gasteiger partial charge in [0.05, 0.1) is 12.3 Å². The maximum absolute atomic E-state index is 11.5. The lowest BCUT2D eigenvalue weighted by Gasteiger charge is -2.09. The minimum Gasteiger partial charge on any atom is -0.449 e. The molecule has 0 saturated heterocycles. The Morgan fingerprint density at radius 1 is 1.08 bits per heavy atom. The van der Waals surface area contributed by atoms with Gasteiger partial charge >= 0.3 is 6.09 Å². The zero-order valence-electron chi connectivity index (χ0n) is 13.3. The number of hydrogen-bond acceptors (Lipinski definition) is 3. The van der Waals surface area contributed by atoms with E-state index in [9.17, 15) is 4.79 Å². The van der Waals surface area contributed by atoms with Gasteiger partial charge < -0.3 is 4.74 Å². The number of benzene rings is 2. The molecule has 0 heterocycles. The van der Waals surface area contributed by atoms with Crippen LogP contribution in [0.4, 0.5) is 4.79 Å². The van der Waals surface area contributed by atoms with Gasteiger partial charge in [-0.3, -0.25) is 0 Å². The monoisotopic (exact) mass is 364 g/mol. The van der Waals surface area contributed by atoms with E-state index in [0.29, 0.717) is 16.6 Å². The Hall–Kier alpha value is -2.04. The summed E-state index contributed by atoms with van der Waals surface area (Å²) < 4.78 is 4.84. The fourth-order valence-corrected chi connectivity index (χ4v) is 2.45. The molecule has 0 aliphatic carbocycles. The number of halogens is 2. The van der Waals surface area contributed by atoms with E-state index in [2.05, 4.69) is 10.5 Å². The van der Waals surface area contributed by atoms with Gasteiger partial charge in [0, 0.05) is 22.0 Å². The maximum Gasteiger partial charge on any atom is 0.427 e. The SMILES string of the molecule is CCOC(=O)NN=C(c1ccc(Cl)cc1)c1ccc(CCCl)cc1. The molecule has 6 heteroatoms. The molecular formula is C18H18Cl2N2O2. The van der Waals surface area contributed by atoms with Crippen molar-refractivity contribution >= 4 is 35.0 Å². The van der Waals surface area contributed by atoms with Crippen molar-refractivity contribution in [2.45, 2.75) is 13.3 Å². The third-order valence-electron chi connectivity index (χ3n) is 3.26. The first kappa shape index (κ1) is 18.3. The number of ether oxygens (including phenoxy) is 1. The molecule has 2 aromatic carbocycles. The lowest BCUT2D eigenvalue weighted by Crippen LogP contribution is -2.21. The molecular weight excluding hydrogens is 347 g/mol. The number of hydrazone groups is 1. The Balaban J connectivity index is 2.32. The van der Waals surface area contributed by atoms with Gasteiger partial charge in [0.1, 0.15) is 0 Å². The number of nitrogens with zero attached hydrogens (tertiary/aromatic N) is 1. The summed E-state index contributed by atoms with van der Waals surface area (Å²) >= 11 is 11.7. The number of aryl methyl sites for hydroxylation is 1. The summed E-state index contributed by atoms with van der Waals surface area (Å²) in [6.45, 7) is 2.02. The summed E-state index contributed by atoms with van der Waals surface area (Å²) in [6, 6.07) is 15.1. The van der Waals surface area contributed by atoms with Crippen LogP contribution in [0.2, 0.25) is 5.02 Å². The number of carbonyl (C=O) groups is 1. The molecule has 0 aromatic heterocycles. The number of amides is 1. The molecule has 0 aliphatic heterocycles. The van der Waals surface area contributed by atoms with Gasteiger partial charge in [0.15, 0.2) is 0 Å². The molecule has 0 radical (unpaired) electrons. The zero-order valence-corrected chi connectivity index (χ0v) is 14.8. The first-order valence-electron chi connectivity index (χ1n) is 7.55. The predicted octanol–water partition coefficient (Wildman–Crippen LogP) is 4.62. The zero-order chi connectivity index (χ0) is 17.4. The average molecular weight is 365 g/mol. The molecule has 24 heavy (non-hydrogen) atoms. The van der Waals surface area contributed by atoms with Crippen molar-refractivity contribution in [2.24, 2.45) is 5.10 Å². The number of nitrogens with one attached hydrogen (secondary N) is 1. The van der Waals surface area contributed by atoms with Crippen molar-refractivity contribution in [1.29, 1.82) is 0 Å². The number of alkyl halides is 1. The molecule has 0 atom stereocenters. The topological polar surface area (TPSA) is 50.7 Å². The molecule has 0 fully saturated rings. The van der Waals surface area contributed by atoms with Crippen LogP contribution < -0.4 is 5.43 Å². The Morgan fingerprint density at radius 2 is 1.67 bits per heavy atom. The number of hydrogen-bond donors (Lipinski definition) is 1. The van der Waals surface area contributed by atoms with Gasteiger partial charge in [0.25, 0.3) is 0 Å². The molecule has 1 N–H and O–H groups in total. The van der Waals surface area contributed by atoms with Gasteiger partial charge in [0.2, 0.25) is 0 Å². The van der Waals surface area contributed by atoms with Crippen molar-refractivity contribution in [3.05, 3.63) is 70.2 Å². The van der Waals surface area contributed by atoms with E-state index in [1.807, 2.05) is 36.4 Å². The molecule has 0 bridgehead atoms. The average Bonchev–Trinajstić information content (AvgIpc) is 2.58. The highest BCUT2D eigenvalue weighted by Crippen LogP contribution is 2.16. The molecule has 1 amide bonds. The second kappa shape index (κ2) is 9.30. The normalized spacial score (nSPS) is 11.2. The molecule has 0 spiro atoms. The first-order chi connectivity index (χ1) is 11.6.